The maximum atomic E-state index is 12.0. The number of hydrogen-bond donors (Lipinski definition) is 3. The monoisotopic (exact) mass is 252 g/mol. The number of aromatic nitrogens is 1. The summed E-state index contributed by atoms with van der Waals surface area (Å²) >= 11 is 0. The number of aliphatic hydroxyl groups excluding tert-OH is 1. The molecule has 0 radical (unpaired) electrons. The molecule has 1 rings (SSSR count). The van der Waals surface area contributed by atoms with Gasteiger partial charge in [0.2, 0.25) is 0 Å². The van der Waals surface area contributed by atoms with Crippen LogP contribution in [-0.2, 0) is 0 Å². The molecule has 1 amide bonds. The summed E-state index contributed by atoms with van der Waals surface area (Å²) in [6.07, 6.45) is -0.0353. The second kappa shape index (κ2) is 5.82. The molecule has 100 valence electrons. The van der Waals surface area contributed by atoms with Gasteiger partial charge in [0.05, 0.1) is 6.10 Å². The lowest BCUT2D eigenvalue weighted by atomic mass is 10.1. The molecule has 18 heavy (non-hydrogen) atoms. The number of aromatic amines is 1. The quantitative estimate of drug-likeness (QED) is 0.744. The fourth-order valence-electron chi connectivity index (χ4n) is 2.00. The number of hydrogen-bond acceptors (Lipinski definition) is 3. The Bertz CT molecular complexity index is 491. The highest BCUT2D eigenvalue weighted by Gasteiger charge is 2.17. The van der Waals surface area contributed by atoms with Gasteiger partial charge < -0.3 is 15.4 Å². The van der Waals surface area contributed by atoms with Crippen LogP contribution in [0.25, 0.3) is 0 Å². The van der Waals surface area contributed by atoms with Gasteiger partial charge in [-0.05, 0) is 45.7 Å². The zero-order valence-electron chi connectivity index (χ0n) is 11.2. The zero-order chi connectivity index (χ0) is 13.9. The van der Waals surface area contributed by atoms with Gasteiger partial charge in [-0.25, -0.2) is 0 Å². The molecule has 2 unspecified atom stereocenters. The van der Waals surface area contributed by atoms with E-state index in [-0.39, 0.29) is 17.2 Å². The summed E-state index contributed by atoms with van der Waals surface area (Å²) in [6.45, 7) is 6.96. The van der Waals surface area contributed by atoms with Crippen molar-refractivity contribution in [2.75, 3.05) is 0 Å². The molecule has 0 bridgehead atoms. The Hall–Kier alpha value is -1.62. The first-order valence-corrected chi connectivity index (χ1v) is 6.00. The molecule has 0 aromatic carbocycles. The summed E-state index contributed by atoms with van der Waals surface area (Å²) < 4.78 is 0. The third kappa shape index (κ3) is 3.70. The lowest BCUT2D eigenvalue weighted by Gasteiger charge is -2.15. The Balaban J connectivity index is 2.89. The Morgan fingerprint density at radius 2 is 2.06 bits per heavy atom. The van der Waals surface area contributed by atoms with Gasteiger partial charge in [-0.2, -0.15) is 0 Å². The fraction of sp³-hybridized carbons (Fsp3) is 0.538. The van der Waals surface area contributed by atoms with E-state index in [4.69, 9.17) is 0 Å². The summed E-state index contributed by atoms with van der Waals surface area (Å²) in [7, 11) is 0. The third-order valence-corrected chi connectivity index (χ3v) is 2.66. The van der Waals surface area contributed by atoms with Gasteiger partial charge >= 0.3 is 0 Å². The van der Waals surface area contributed by atoms with E-state index in [0.29, 0.717) is 12.0 Å². The molecule has 0 aliphatic heterocycles. The molecular formula is C13H20N2O3. The van der Waals surface area contributed by atoms with Crippen LogP contribution in [0.5, 0.6) is 0 Å². The van der Waals surface area contributed by atoms with E-state index in [1.54, 1.807) is 33.8 Å². The van der Waals surface area contributed by atoms with E-state index in [1.807, 2.05) is 0 Å². The van der Waals surface area contributed by atoms with Crippen LogP contribution in [0.15, 0.2) is 10.9 Å². The van der Waals surface area contributed by atoms with Gasteiger partial charge in [0, 0.05) is 11.7 Å². The van der Waals surface area contributed by atoms with Crippen LogP contribution in [0.1, 0.15) is 41.9 Å². The minimum Gasteiger partial charge on any atom is -0.393 e. The fourth-order valence-corrected chi connectivity index (χ4v) is 2.00. The topological polar surface area (TPSA) is 82.2 Å². The highest BCUT2D eigenvalue weighted by atomic mass is 16.3. The maximum absolute atomic E-state index is 12.0. The minimum absolute atomic E-state index is 0.137. The van der Waals surface area contributed by atoms with Crippen LogP contribution in [-0.4, -0.2) is 28.1 Å². The van der Waals surface area contributed by atoms with E-state index >= 15 is 0 Å². The molecule has 3 N–H and O–H groups in total. The third-order valence-electron chi connectivity index (χ3n) is 2.66. The van der Waals surface area contributed by atoms with E-state index in [9.17, 15) is 14.7 Å². The molecule has 0 fully saturated rings. The number of nitrogens with one attached hydrogen (secondary N) is 2. The smallest absolute Gasteiger partial charge is 0.261 e. The number of aliphatic hydroxyl groups is 1. The minimum atomic E-state index is -0.488. The summed E-state index contributed by atoms with van der Waals surface area (Å²) in [5.74, 6) is -0.401. The van der Waals surface area contributed by atoms with Crippen molar-refractivity contribution in [3.05, 3.63) is 33.2 Å². The van der Waals surface area contributed by atoms with E-state index in [1.165, 1.54) is 0 Å². The van der Waals surface area contributed by atoms with Crippen molar-refractivity contribution in [3.63, 3.8) is 0 Å². The maximum Gasteiger partial charge on any atom is 0.261 e. The second-order valence-electron chi connectivity index (χ2n) is 4.80. The molecule has 5 nitrogen and oxygen atoms in total. The van der Waals surface area contributed by atoms with Crippen LogP contribution in [0.3, 0.4) is 0 Å². The standard InChI is InChI=1S/C13H20N2O3/c1-7-5-8(2)14-12(17)11(7)13(18)15-9(3)6-10(4)16/h5,9-10,16H,6H2,1-4H3,(H,14,17)(H,15,18). The number of H-pyrrole nitrogens is 1. The number of carbonyl (C=O) groups is 1. The average molecular weight is 252 g/mol. The lowest BCUT2D eigenvalue weighted by Crippen LogP contribution is -2.38. The molecule has 2 atom stereocenters. The average Bonchev–Trinajstić information content (AvgIpc) is 2.12. The van der Waals surface area contributed by atoms with Gasteiger partial charge in [-0.1, -0.05) is 0 Å². The molecular weight excluding hydrogens is 232 g/mol. The lowest BCUT2D eigenvalue weighted by molar-refractivity contribution is 0.0921. The number of amides is 1. The van der Waals surface area contributed by atoms with Crippen molar-refractivity contribution in [2.24, 2.45) is 0 Å². The SMILES string of the molecule is Cc1cc(C)c(C(=O)NC(C)CC(C)O)c(=O)[nH]1. The van der Waals surface area contributed by atoms with Crippen molar-refractivity contribution >= 4 is 5.91 Å². The van der Waals surface area contributed by atoms with Gasteiger partial charge in [0.15, 0.2) is 0 Å². The highest BCUT2D eigenvalue weighted by Crippen LogP contribution is 2.05. The van der Waals surface area contributed by atoms with Crippen LogP contribution in [0.2, 0.25) is 0 Å². The largest absolute Gasteiger partial charge is 0.393 e. The van der Waals surface area contributed by atoms with Crippen LogP contribution >= 0.6 is 0 Å². The number of pyridine rings is 1. The Labute approximate surface area is 106 Å². The van der Waals surface area contributed by atoms with Gasteiger partial charge in [0.1, 0.15) is 5.56 Å². The Morgan fingerprint density at radius 1 is 1.44 bits per heavy atom. The van der Waals surface area contributed by atoms with Gasteiger partial charge in [-0.3, -0.25) is 9.59 Å². The summed E-state index contributed by atoms with van der Waals surface area (Å²) in [6, 6.07) is 1.58. The first-order valence-electron chi connectivity index (χ1n) is 6.00. The van der Waals surface area contributed by atoms with Gasteiger partial charge in [0.25, 0.3) is 11.5 Å². The van der Waals surface area contributed by atoms with E-state index < -0.39 is 12.0 Å². The Kier molecular flexibility index (Phi) is 4.67. The zero-order valence-corrected chi connectivity index (χ0v) is 11.2. The predicted molar refractivity (Wildman–Crippen MR) is 69.8 cm³/mol. The predicted octanol–water partition coefficient (Wildman–Crippen LogP) is 0.881. The summed E-state index contributed by atoms with van der Waals surface area (Å²) in [5.41, 5.74) is 1.14. The molecule has 1 heterocycles. The van der Waals surface area contributed by atoms with Crippen LogP contribution in [0, 0.1) is 13.8 Å². The van der Waals surface area contributed by atoms with Gasteiger partial charge in [-0.15, -0.1) is 0 Å². The number of rotatable bonds is 4. The van der Waals surface area contributed by atoms with Crippen LogP contribution < -0.4 is 10.9 Å². The molecule has 1 aromatic heterocycles. The summed E-state index contributed by atoms with van der Waals surface area (Å²) in [4.78, 5) is 26.3. The number of carbonyl (C=O) groups excluding carboxylic acids is 1. The summed E-state index contributed by atoms with van der Waals surface area (Å²) in [5, 5.41) is 11.9. The first-order chi connectivity index (χ1) is 8.31. The normalized spacial score (nSPS) is 14.1. The molecule has 0 aliphatic carbocycles. The van der Waals surface area contributed by atoms with Crippen molar-refractivity contribution in [3.8, 4) is 0 Å². The molecule has 0 aliphatic rings. The molecule has 0 saturated carbocycles. The van der Waals surface area contributed by atoms with Crippen LogP contribution in [0.4, 0.5) is 0 Å². The molecule has 0 spiro atoms. The van der Waals surface area contributed by atoms with Crippen molar-refractivity contribution in [1.82, 2.24) is 10.3 Å². The molecule has 1 aromatic rings. The number of aryl methyl sites for hydroxylation is 2. The highest BCUT2D eigenvalue weighted by molar-refractivity contribution is 5.95. The first kappa shape index (κ1) is 14.4. The molecule has 0 saturated heterocycles. The Morgan fingerprint density at radius 3 is 2.56 bits per heavy atom. The van der Waals surface area contributed by atoms with E-state index in [0.717, 1.165) is 5.69 Å². The van der Waals surface area contributed by atoms with Crippen molar-refractivity contribution in [1.29, 1.82) is 0 Å². The van der Waals surface area contributed by atoms with Crippen molar-refractivity contribution < 1.29 is 9.90 Å². The second-order valence-corrected chi connectivity index (χ2v) is 4.80. The van der Waals surface area contributed by atoms with Crippen molar-refractivity contribution in [2.45, 2.75) is 46.3 Å². The molecule has 5 heteroatoms. The van der Waals surface area contributed by atoms with E-state index in [2.05, 4.69) is 10.3 Å².